The van der Waals surface area contributed by atoms with Crippen LogP contribution in [0.5, 0.6) is 5.75 Å². The molecular weight excluding hydrogens is 460 g/mol. The molecule has 1 unspecified atom stereocenters. The Hall–Kier alpha value is -3.45. The average Bonchev–Trinajstić information content (AvgIpc) is 3.37. The third-order valence-corrected chi connectivity index (χ3v) is 6.06. The standard InChI is InChI=1S/C24H17BrN2O4/c25-17-2-4-18(5-3-17)27-21(14-7-10-26-11-8-14)20(23(29)24(27)30)22(28)16-1-6-19-15(13-16)9-12-31-19/h1-8,10-11,13,21,28H,9,12H2/b22-20-. The number of pyridine rings is 1. The van der Waals surface area contributed by atoms with Crippen molar-refractivity contribution in [3.8, 4) is 5.75 Å². The highest BCUT2D eigenvalue weighted by molar-refractivity contribution is 9.10. The van der Waals surface area contributed by atoms with Crippen molar-refractivity contribution in [3.05, 3.63) is 93.7 Å². The van der Waals surface area contributed by atoms with E-state index < -0.39 is 17.7 Å². The Morgan fingerprint density at radius 3 is 2.55 bits per heavy atom. The number of aliphatic hydroxyl groups is 1. The average molecular weight is 477 g/mol. The second-order valence-electron chi connectivity index (χ2n) is 7.35. The number of carbonyl (C=O) groups is 2. The van der Waals surface area contributed by atoms with Crippen molar-refractivity contribution in [2.45, 2.75) is 12.5 Å². The lowest BCUT2D eigenvalue weighted by Crippen LogP contribution is -2.29. The second-order valence-corrected chi connectivity index (χ2v) is 8.26. The van der Waals surface area contributed by atoms with Crippen molar-refractivity contribution >= 4 is 39.1 Å². The van der Waals surface area contributed by atoms with Gasteiger partial charge >= 0.3 is 0 Å². The number of aromatic nitrogens is 1. The highest BCUT2D eigenvalue weighted by Gasteiger charge is 2.47. The van der Waals surface area contributed by atoms with Gasteiger partial charge in [-0.3, -0.25) is 19.5 Å². The van der Waals surface area contributed by atoms with Crippen molar-refractivity contribution in [2.24, 2.45) is 0 Å². The first-order chi connectivity index (χ1) is 15.0. The lowest BCUT2D eigenvalue weighted by atomic mass is 9.95. The minimum absolute atomic E-state index is 0.0537. The maximum Gasteiger partial charge on any atom is 0.300 e. The zero-order valence-electron chi connectivity index (χ0n) is 16.3. The van der Waals surface area contributed by atoms with Gasteiger partial charge in [0.2, 0.25) is 0 Å². The topological polar surface area (TPSA) is 79.7 Å². The van der Waals surface area contributed by atoms with E-state index in [2.05, 4.69) is 20.9 Å². The number of carbonyl (C=O) groups excluding carboxylic acids is 2. The molecule has 3 aromatic rings. The Morgan fingerprint density at radius 2 is 1.81 bits per heavy atom. The van der Waals surface area contributed by atoms with Crippen LogP contribution in [0.25, 0.3) is 5.76 Å². The van der Waals surface area contributed by atoms with Crippen LogP contribution < -0.4 is 9.64 Å². The molecule has 2 aromatic carbocycles. The number of ether oxygens (including phenoxy) is 1. The molecule has 6 nitrogen and oxygen atoms in total. The minimum Gasteiger partial charge on any atom is -0.507 e. The molecule has 1 atom stereocenters. The number of Topliss-reactive ketones (excluding diaryl/α,β-unsaturated/α-hetero) is 1. The number of nitrogens with zero attached hydrogens (tertiary/aromatic N) is 2. The number of rotatable bonds is 3. The highest BCUT2D eigenvalue weighted by atomic mass is 79.9. The molecule has 7 heteroatoms. The summed E-state index contributed by atoms with van der Waals surface area (Å²) >= 11 is 3.39. The lowest BCUT2D eigenvalue weighted by molar-refractivity contribution is -0.132. The molecule has 154 valence electrons. The largest absolute Gasteiger partial charge is 0.507 e. The van der Waals surface area contributed by atoms with Crippen LogP contribution in [0.15, 0.2) is 77.0 Å². The maximum atomic E-state index is 13.1. The number of anilines is 1. The molecule has 3 heterocycles. The number of fused-ring (bicyclic) bond motifs is 1. The molecular formula is C24H17BrN2O4. The molecule has 31 heavy (non-hydrogen) atoms. The summed E-state index contributed by atoms with van der Waals surface area (Å²) in [7, 11) is 0. The van der Waals surface area contributed by atoms with Gasteiger partial charge in [0.05, 0.1) is 18.2 Å². The van der Waals surface area contributed by atoms with Gasteiger partial charge in [0.1, 0.15) is 11.5 Å². The first kappa shape index (κ1) is 19.5. The van der Waals surface area contributed by atoms with Crippen LogP contribution in [0.2, 0.25) is 0 Å². The van der Waals surface area contributed by atoms with E-state index >= 15 is 0 Å². The van der Waals surface area contributed by atoms with Gasteiger partial charge in [-0.2, -0.15) is 0 Å². The van der Waals surface area contributed by atoms with E-state index in [1.54, 1.807) is 60.9 Å². The summed E-state index contributed by atoms with van der Waals surface area (Å²) in [5, 5.41) is 11.2. The van der Waals surface area contributed by atoms with Gasteiger partial charge in [-0.05, 0) is 65.7 Å². The number of aliphatic hydroxyl groups excluding tert-OH is 1. The van der Waals surface area contributed by atoms with Crippen LogP contribution in [0.1, 0.15) is 22.7 Å². The molecule has 0 aliphatic carbocycles. The zero-order valence-corrected chi connectivity index (χ0v) is 17.9. The SMILES string of the molecule is O=C1C(=O)N(c2ccc(Br)cc2)C(c2ccncc2)/C1=C(/O)c1ccc2c(c1)CCO2. The van der Waals surface area contributed by atoms with E-state index in [1.807, 2.05) is 6.07 Å². The van der Waals surface area contributed by atoms with E-state index in [9.17, 15) is 14.7 Å². The van der Waals surface area contributed by atoms with Gasteiger partial charge in [0.15, 0.2) is 0 Å². The van der Waals surface area contributed by atoms with Crippen molar-refractivity contribution < 1.29 is 19.4 Å². The van der Waals surface area contributed by atoms with Crippen molar-refractivity contribution in [1.82, 2.24) is 4.98 Å². The number of hydrogen-bond acceptors (Lipinski definition) is 5. The fourth-order valence-electron chi connectivity index (χ4n) is 4.05. The number of amides is 1. The molecule has 0 radical (unpaired) electrons. The van der Waals surface area contributed by atoms with Crippen molar-refractivity contribution in [1.29, 1.82) is 0 Å². The zero-order chi connectivity index (χ0) is 21.5. The van der Waals surface area contributed by atoms with E-state index in [0.29, 0.717) is 23.4 Å². The molecule has 1 fully saturated rings. The summed E-state index contributed by atoms with van der Waals surface area (Å²) in [4.78, 5) is 31.7. The molecule has 0 saturated carbocycles. The number of benzene rings is 2. The molecule has 1 N–H and O–H groups in total. The summed E-state index contributed by atoms with van der Waals surface area (Å²) < 4.78 is 6.39. The van der Waals surface area contributed by atoms with Crippen molar-refractivity contribution in [2.75, 3.05) is 11.5 Å². The molecule has 1 amide bonds. The van der Waals surface area contributed by atoms with Gasteiger partial charge in [-0.25, -0.2) is 0 Å². The third-order valence-electron chi connectivity index (χ3n) is 5.53. The normalized spacial score (nSPS) is 19.4. The van der Waals surface area contributed by atoms with Gasteiger partial charge < -0.3 is 9.84 Å². The first-order valence-corrected chi connectivity index (χ1v) is 10.6. The highest BCUT2D eigenvalue weighted by Crippen LogP contribution is 2.42. The first-order valence-electron chi connectivity index (χ1n) is 9.77. The smallest absolute Gasteiger partial charge is 0.300 e. The van der Waals surface area contributed by atoms with Crippen molar-refractivity contribution in [3.63, 3.8) is 0 Å². The Kier molecular flexibility index (Phi) is 4.82. The molecule has 5 rings (SSSR count). The molecule has 0 bridgehead atoms. The van der Waals surface area contributed by atoms with E-state index in [4.69, 9.17) is 4.74 Å². The van der Waals surface area contributed by atoms with E-state index in [1.165, 1.54) is 4.90 Å². The number of hydrogen-bond donors (Lipinski definition) is 1. The van der Waals surface area contributed by atoms with Gasteiger partial charge in [0.25, 0.3) is 11.7 Å². The van der Waals surface area contributed by atoms with Crippen LogP contribution in [0, 0.1) is 0 Å². The van der Waals surface area contributed by atoms with Gasteiger partial charge in [0, 0.05) is 34.5 Å². The predicted molar refractivity (Wildman–Crippen MR) is 119 cm³/mol. The molecule has 0 spiro atoms. The minimum atomic E-state index is -0.770. The van der Waals surface area contributed by atoms with Crippen LogP contribution >= 0.6 is 15.9 Å². The molecule has 1 aromatic heterocycles. The third kappa shape index (κ3) is 3.31. The Bertz CT molecular complexity index is 1220. The van der Waals surface area contributed by atoms with Gasteiger partial charge in [-0.15, -0.1) is 0 Å². The lowest BCUT2D eigenvalue weighted by Gasteiger charge is -2.25. The predicted octanol–water partition coefficient (Wildman–Crippen LogP) is 4.41. The molecule has 2 aliphatic rings. The van der Waals surface area contributed by atoms with Crippen LogP contribution in [0.3, 0.4) is 0 Å². The fraction of sp³-hybridized carbons (Fsp3) is 0.125. The maximum absolute atomic E-state index is 13.1. The number of halogens is 1. The van der Waals surface area contributed by atoms with E-state index in [-0.39, 0.29) is 11.3 Å². The summed E-state index contributed by atoms with van der Waals surface area (Å²) in [5.41, 5.74) is 2.75. The molecule has 2 aliphatic heterocycles. The van der Waals surface area contributed by atoms with E-state index in [0.717, 1.165) is 22.2 Å². The Balaban J connectivity index is 1.69. The Labute approximate surface area is 186 Å². The second kappa shape index (κ2) is 7.67. The Morgan fingerprint density at radius 1 is 1.06 bits per heavy atom. The van der Waals surface area contributed by atoms with Gasteiger partial charge in [-0.1, -0.05) is 15.9 Å². The van der Waals surface area contributed by atoms with Crippen LogP contribution in [0.4, 0.5) is 5.69 Å². The fourth-order valence-corrected chi connectivity index (χ4v) is 4.32. The summed E-state index contributed by atoms with van der Waals surface area (Å²) in [6, 6.07) is 15.1. The summed E-state index contributed by atoms with van der Waals surface area (Å²) in [6.45, 7) is 0.588. The summed E-state index contributed by atoms with van der Waals surface area (Å²) in [6.07, 6.45) is 3.94. The number of ketones is 1. The monoisotopic (exact) mass is 476 g/mol. The molecule has 1 saturated heterocycles. The van der Waals surface area contributed by atoms with Crippen LogP contribution in [-0.2, 0) is 16.0 Å². The van der Waals surface area contributed by atoms with Crippen LogP contribution in [-0.4, -0.2) is 28.4 Å². The summed E-state index contributed by atoms with van der Waals surface area (Å²) in [5.74, 6) is -0.832. The quantitative estimate of drug-likeness (QED) is 0.344.